The number of carboxylic acids is 1. The molecule has 0 aromatic carbocycles. The summed E-state index contributed by atoms with van der Waals surface area (Å²) in [5, 5.41) is 8.15. The molecule has 0 aromatic rings. The maximum absolute atomic E-state index is 12.2. The minimum absolute atomic E-state index is 0.0105. The smallest absolute Gasteiger partial charge is 0.477 e. The Morgan fingerprint density at radius 1 is 1.38 bits per heavy atom. The number of carbonyl (C=O) groups is 4. The van der Waals surface area contributed by atoms with Crippen molar-refractivity contribution >= 4 is 35.6 Å². The normalized spacial score (nSPS) is 23.3. The number of hydrogen-bond acceptors (Lipinski definition) is 7. The Balaban J connectivity index is 2.18. The molecule has 1 N–H and O–H groups in total. The minimum Gasteiger partial charge on any atom is -0.477 e. The van der Waals surface area contributed by atoms with Gasteiger partial charge in [-0.1, -0.05) is 0 Å². The maximum Gasteiger partial charge on any atom is 0.490 e. The highest BCUT2D eigenvalue weighted by atomic mass is 32.2. The van der Waals surface area contributed by atoms with Crippen LogP contribution in [0.2, 0.25) is 0 Å². The van der Waals surface area contributed by atoms with E-state index in [1.54, 1.807) is 0 Å². The predicted molar refractivity (Wildman–Crippen MR) is 70.3 cm³/mol. The fourth-order valence-corrected chi connectivity index (χ4v) is 3.40. The van der Waals surface area contributed by atoms with Crippen LogP contribution in [0.1, 0.15) is 6.92 Å². The molecule has 0 aromatic heterocycles. The lowest BCUT2D eigenvalue weighted by Crippen LogP contribution is -2.66. The molecule has 2 rings (SSSR count). The Morgan fingerprint density at radius 2 is 2.00 bits per heavy atom. The Kier molecular flexibility index (Phi) is 4.78. The number of amides is 1. The zero-order chi connectivity index (χ0) is 18.2. The molecule has 0 saturated carbocycles. The quantitative estimate of drug-likeness (QED) is 0.556. The number of β-lactam (4-membered cyclic amide) rings is 1. The van der Waals surface area contributed by atoms with Gasteiger partial charge in [0.05, 0.1) is 0 Å². The zero-order valence-corrected chi connectivity index (χ0v) is 12.8. The second-order valence-corrected chi connectivity index (χ2v) is 5.88. The van der Waals surface area contributed by atoms with Gasteiger partial charge in [-0.05, 0) is 0 Å². The average Bonchev–Trinajstić information content (AvgIpc) is 2.47. The van der Waals surface area contributed by atoms with E-state index in [-0.39, 0.29) is 17.9 Å². The number of aliphatic carboxylic acids is 1. The van der Waals surface area contributed by atoms with E-state index in [4.69, 9.17) is 4.74 Å². The molecule has 0 aliphatic carbocycles. The fourth-order valence-electron chi connectivity index (χ4n) is 2.11. The van der Waals surface area contributed by atoms with Crippen LogP contribution in [0.3, 0.4) is 0 Å². The standard InChI is InChI=1S/C12H10F3NO7S/c1-4(17)22-2-5-3-24-9-7(23-11(21)12(13,14)15)8(18)16(9)6(5)10(19)20/h7,9H,2-3H2,1H3,(H,19,20)/t7-,9-/m1/s1. The van der Waals surface area contributed by atoms with E-state index in [9.17, 15) is 37.5 Å². The molecule has 1 amide bonds. The van der Waals surface area contributed by atoms with E-state index in [0.29, 0.717) is 0 Å². The largest absolute Gasteiger partial charge is 0.490 e. The van der Waals surface area contributed by atoms with E-state index in [0.717, 1.165) is 23.6 Å². The molecule has 8 nitrogen and oxygen atoms in total. The molecule has 1 saturated heterocycles. The van der Waals surface area contributed by atoms with Crippen molar-refractivity contribution in [2.24, 2.45) is 0 Å². The van der Waals surface area contributed by atoms with E-state index < -0.39 is 47.2 Å². The van der Waals surface area contributed by atoms with Gasteiger partial charge in [0.2, 0.25) is 6.10 Å². The molecule has 12 heteroatoms. The van der Waals surface area contributed by atoms with Gasteiger partial charge in [-0.2, -0.15) is 13.2 Å². The van der Waals surface area contributed by atoms with Crippen LogP contribution in [0, 0.1) is 0 Å². The van der Waals surface area contributed by atoms with E-state index in [1.165, 1.54) is 0 Å². The first kappa shape index (κ1) is 18.1. The van der Waals surface area contributed by atoms with Crippen LogP contribution in [0.25, 0.3) is 0 Å². The number of fused-ring (bicyclic) bond motifs is 1. The third-order valence-corrected chi connectivity index (χ3v) is 4.43. The van der Waals surface area contributed by atoms with Crippen molar-refractivity contribution in [2.45, 2.75) is 24.6 Å². The van der Waals surface area contributed by atoms with Gasteiger partial charge in [-0.25, -0.2) is 9.59 Å². The number of esters is 2. The van der Waals surface area contributed by atoms with E-state index in [1.807, 2.05) is 0 Å². The van der Waals surface area contributed by atoms with Crippen molar-refractivity contribution in [3.8, 4) is 0 Å². The molecule has 1 fully saturated rings. The highest BCUT2D eigenvalue weighted by Crippen LogP contribution is 2.42. The SMILES string of the molecule is CC(=O)OCC1=C(C(=O)O)N2C(=O)[C@@H](OC(=O)C(F)(F)F)[C@H]2SC1. The van der Waals surface area contributed by atoms with Gasteiger partial charge in [0.15, 0.2) is 0 Å². The summed E-state index contributed by atoms with van der Waals surface area (Å²) in [6, 6.07) is 0. The Morgan fingerprint density at radius 3 is 2.50 bits per heavy atom. The number of rotatable bonds is 4. The summed E-state index contributed by atoms with van der Waals surface area (Å²) in [6.07, 6.45) is -6.97. The number of ether oxygens (including phenoxy) is 2. The monoisotopic (exact) mass is 369 g/mol. The van der Waals surface area contributed by atoms with Crippen molar-refractivity contribution < 1.29 is 46.9 Å². The number of carboxylic acid groups (broad SMARTS) is 1. The first-order chi connectivity index (χ1) is 11.0. The van der Waals surface area contributed by atoms with E-state index in [2.05, 4.69) is 4.74 Å². The molecule has 0 spiro atoms. The average molecular weight is 369 g/mol. The summed E-state index contributed by atoms with van der Waals surface area (Å²) in [5.74, 6) is -5.78. The van der Waals surface area contributed by atoms with Crippen molar-refractivity contribution in [3.63, 3.8) is 0 Å². The molecule has 2 heterocycles. The summed E-state index contributed by atoms with van der Waals surface area (Å²) in [5.41, 5.74) is -0.364. The molecule has 24 heavy (non-hydrogen) atoms. The minimum atomic E-state index is -5.26. The molecule has 132 valence electrons. The van der Waals surface area contributed by atoms with Crippen LogP contribution in [0.5, 0.6) is 0 Å². The fraction of sp³-hybridized carbons (Fsp3) is 0.500. The van der Waals surface area contributed by atoms with Gasteiger partial charge < -0.3 is 14.6 Å². The molecule has 0 bridgehead atoms. The summed E-state index contributed by atoms with van der Waals surface area (Å²) in [6.45, 7) is 0.745. The topological polar surface area (TPSA) is 110 Å². The highest BCUT2D eigenvalue weighted by molar-refractivity contribution is 8.00. The summed E-state index contributed by atoms with van der Waals surface area (Å²) < 4.78 is 45.4. The molecule has 0 radical (unpaired) electrons. The second-order valence-electron chi connectivity index (χ2n) is 4.77. The molecule has 0 unspecified atom stereocenters. The van der Waals surface area contributed by atoms with Gasteiger partial charge in [-0.3, -0.25) is 14.5 Å². The Labute approximate surface area is 136 Å². The number of hydrogen-bond donors (Lipinski definition) is 1. The predicted octanol–water partition coefficient (Wildman–Crippen LogP) is 0.277. The highest BCUT2D eigenvalue weighted by Gasteiger charge is 2.58. The molecular weight excluding hydrogens is 359 g/mol. The van der Waals surface area contributed by atoms with Crippen LogP contribution in [-0.2, 0) is 28.7 Å². The lowest BCUT2D eigenvalue weighted by Gasteiger charge is -2.48. The maximum atomic E-state index is 12.2. The van der Waals surface area contributed by atoms with Gasteiger partial charge in [0.1, 0.15) is 17.7 Å². The lowest BCUT2D eigenvalue weighted by atomic mass is 10.1. The molecular formula is C12H10F3NO7S. The van der Waals surface area contributed by atoms with Crippen molar-refractivity contribution in [3.05, 3.63) is 11.3 Å². The van der Waals surface area contributed by atoms with Crippen molar-refractivity contribution in [1.82, 2.24) is 4.90 Å². The Hall–Kier alpha value is -2.24. The van der Waals surface area contributed by atoms with Crippen LogP contribution in [0.4, 0.5) is 13.2 Å². The van der Waals surface area contributed by atoms with Gasteiger partial charge in [-0.15, -0.1) is 11.8 Å². The third kappa shape index (κ3) is 3.32. The van der Waals surface area contributed by atoms with Crippen molar-refractivity contribution in [1.29, 1.82) is 0 Å². The zero-order valence-electron chi connectivity index (χ0n) is 12.0. The first-order valence-electron chi connectivity index (χ1n) is 6.35. The Bertz CT molecular complexity index is 645. The second kappa shape index (κ2) is 6.34. The molecule has 2 aliphatic rings. The van der Waals surface area contributed by atoms with Crippen molar-refractivity contribution in [2.75, 3.05) is 12.4 Å². The van der Waals surface area contributed by atoms with Crippen LogP contribution in [0.15, 0.2) is 11.3 Å². The number of nitrogens with zero attached hydrogens (tertiary/aromatic N) is 1. The first-order valence-corrected chi connectivity index (χ1v) is 7.40. The number of thioether (sulfide) groups is 1. The molecule has 2 atom stereocenters. The summed E-state index contributed by atoms with van der Waals surface area (Å²) >= 11 is 0.906. The summed E-state index contributed by atoms with van der Waals surface area (Å²) in [4.78, 5) is 45.6. The third-order valence-electron chi connectivity index (χ3n) is 3.12. The van der Waals surface area contributed by atoms with E-state index >= 15 is 0 Å². The number of halogens is 3. The number of alkyl halides is 3. The summed E-state index contributed by atoms with van der Waals surface area (Å²) in [7, 11) is 0. The molecule has 2 aliphatic heterocycles. The van der Waals surface area contributed by atoms with Crippen LogP contribution in [-0.4, -0.2) is 63.8 Å². The van der Waals surface area contributed by atoms with Crippen LogP contribution < -0.4 is 0 Å². The van der Waals surface area contributed by atoms with Crippen LogP contribution >= 0.6 is 11.8 Å². The van der Waals surface area contributed by atoms with Gasteiger partial charge >= 0.3 is 24.1 Å². The number of carbonyl (C=O) groups excluding carboxylic acids is 3. The van der Waals surface area contributed by atoms with Gasteiger partial charge in [0, 0.05) is 18.2 Å². The van der Waals surface area contributed by atoms with Gasteiger partial charge in [0.25, 0.3) is 5.91 Å². The lowest BCUT2D eigenvalue weighted by molar-refractivity contribution is -0.212.